The van der Waals surface area contributed by atoms with E-state index in [0.717, 1.165) is 51.0 Å². The van der Waals surface area contributed by atoms with Crippen LogP contribution in [0.15, 0.2) is 54.6 Å². The highest BCUT2D eigenvalue weighted by Crippen LogP contribution is 2.38. The van der Waals surface area contributed by atoms with Crippen molar-refractivity contribution in [1.29, 1.82) is 0 Å². The lowest BCUT2D eigenvalue weighted by atomic mass is 9.87. The number of benzene rings is 2. The highest BCUT2D eigenvalue weighted by molar-refractivity contribution is 7.11. The molecule has 1 N–H and O–H groups in total. The third kappa shape index (κ3) is 6.99. The van der Waals surface area contributed by atoms with Crippen molar-refractivity contribution in [3.8, 4) is 0 Å². The fourth-order valence-corrected chi connectivity index (χ4v) is 7.98. The quantitative estimate of drug-likeness (QED) is 0.302. The minimum absolute atomic E-state index is 0.131. The van der Waals surface area contributed by atoms with Gasteiger partial charge >= 0.3 is 5.97 Å². The number of carbonyl (C=O) groups is 1. The summed E-state index contributed by atoms with van der Waals surface area (Å²) in [6, 6.07) is 17.0. The fraction of sp³-hybridized carbons (Fsp3) is 0.515. The molecule has 214 valence electrons. The second kappa shape index (κ2) is 12.9. The number of halogens is 1. The molecule has 2 aromatic carbocycles. The van der Waals surface area contributed by atoms with Gasteiger partial charge in [-0.1, -0.05) is 56.3 Å². The van der Waals surface area contributed by atoms with Gasteiger partial charge in [-0.25, -0.2) is 9.37 Å². The average Bonchev–Trinajstić information content (AvgIpc) is 3.51. The van der Waals surface area contributed by atoms with Crippen LogP contribution in [-0.4, -0.2) is 64.6 Å². The Bertz CT molecular complexity index is 1270. The number of aliphatic carboxylic acids is 1. The van der Waals surface area contributed by atoms with Gasteiger partial charge in [0.05, 0.1) is 10.7 Å². The first-order valence-electron chi connectivity index (χ1n) is 14.7. The molecule has 5 rings (SSSR count). The van der Waals surface area contributed by atoms with Crippen LogP contribution in [0, 0.1) is 24.6 Å². The zero-order valence-corrected chi connectivity index (χ0v) is 24.7. The van der Waals surface area contributed by atoms with Gasteiger partial charge in [0.15, 0.2) is 0 Å². The van der Waals surface area contributed by atoms with E-state index in [4.69, 9.17) is 4.98 Å². The molecule has 0 amide bonds. The third-order valence-corrected chi connectivity index (χ3v) is 10.0. The van der Waals surface area contributed by atoms with E-state index >= 15 is 0 Å². The highest BCUT2D eigenvalue weighted by Gasteiger charge is 2.40. The predicted molar refractivity (Wildman–Crippen MR) is 160 cm³/mol. The summed E-state index contributed by atoms with van der Waals surface area (Å²) < 4.78 is 14.2. The van der Waals surface area contributed by atoms with Crippen LogP contribution < -0.4 is 0 Å². The van der Waals surface area contributed by atoms with Gasteiger partial charge in [-0.15, -0.1) is 11.3 Å². The number of carboxylic acid groups (broad SMARTS) is 1. The zero-order valence-electron chi connectivity index (χ0n) is 23.9. The summed E-state index contributed by atoms with van der Waals surface area (Å²) in [4.78, 5) is 23.2. The fourth-order valence-electron chi connectivity index (χ4n) is 6.71. The van der Waals surface area contributed by atoms with Crippen LogP contribution in [0.2, 0.25) is 0 Å². The molecular weight excluding hydrogens is 521 g/mol. The molecule has 0 bridgehead atoms. The zero-order chi connectivity index (χ0) is 28.2. The second-order valence-electron chi connectivity index (χ2n) is 12.2. The molecule has 0 aliphatic carbocycles. The van der Waals surface area contributed by atoms with Crippen LogP contribution in [0.1, 0.15) is 71.7 Å². The molecule has 5 nitrogen and oxygen atoms in total. The maximum Gasteiger partial charge on any atom is 0.320 e. The number of hydrogen-bond donors (Lipinski definition) is 1. The van der Waals surface area contributed by atoms with E-state index < -0.39 is 12.0 Å². The van der Waals surface area contributed by atoms with Crippen molar-refractivity contribution in [2.75, 3.05) is 32.7 Å². The van der Waals surface area contributed by atoms with Crippen LogP contribution in [0.4, 0.5) is 4.39 Å². The lowest BCUT2D eigenvalue weighted by Gasteiger charge is -2.34. The summed E-state index contributed by atoms with van der Waals surface area (Å²) in [6.07, 6.45) is 3.74. The molecule has 3 atom stereocenters. The van der Waals surface area contributed by atoms with Gasteiger partial charge in [0.25, 0.3) is 0 Å². The van der Waals surface area contributed by atoms with E-state index in [1.165, 1.54) is 27.2 Å². The number of piperidine rings is 1. The SMILES string of the molecule is Cc1nc(Cc2ccccc2)sc1C1CCN(C[C@H]2CN([C@H](CC(C)C)C(=O)O)C[C@@H]2c2cccc(F)c2)CC1. The van der Waals surface area contributed by atoms with Gasteiger partial charge in [-0.3, -0.25) is 9.69 Å². The minimum atomic E-state index is -0.750. The lowest BCUT2D eigenvalue weighted by molar-refractivity contribution is -0.143. The van der Waals surface area contributed by atoms with Crippen molar-refractivity contribution in [2.45, 2.75) is 64.3 Å². The van der Waals surface area contributed by atoms with Gasteiger partial charge in [0.1, 0.15) is 11.9 Å². The molecular formula is C33H42FN3O2S. The maximum atomic E-state index is 14.2. The van der Waals surface area contributed by atoms with E-state index in [1.807, 2.05) is 17.4 Å². The number of carboxylic acids is 1. The molecule has 3 aromatic rings. The van der Waals surface area contributed by atoms with E-state index in [2.05, 4.69) is 60.9 Å². The molecule has 0 spiro atoms. The maximum absolute atomic E-state index is 14.2. The van der Waals surface area contributed by atoms with Crippen molar-refractivity contribution in [3.05, 3.63) is 87.1 Å². The Morgan fingerprint density at radius 2 is 1.85 bits per heavy atom. The Morgan fingerprint density at radius 1 is 1.10 bits per heavy atom. The van der Waals surface area contributed by atoms with Crippen molar-refractivity contribution < 1.29 is 14.3 Å². The molecule has 2 saturated heterocycles. The number of hydrogen-bond acceptors (Lipinski definition) is 5. The van der Waals surface area contributed by atoms with Gasteiger partial charge in [-0.05, 0) is 80.3 Å². The Labute approximate surface area is 242 Å². The highest BCUT2D eigenvalue weighted by atomic mass is 32.1. The van der Waals surface area contributed by atoms with Crippen molar-refractivity contribution >= 4 is 17.3 Å². The first kappa shape index (κ1) is 28.9. The molecule has 1 aromatic heterocycles. The van der Waals surface area contributed by atoms with Crippen molar-refractivity contribution in [3.63, 3.8) is 0 Å². The van der Waals surface area contributed by atoms with Crippen LogP contribution in [-0.2, 0) is 11.2 Å². The van der Waals surface area contributed by atoms with E-state index in [0.29, 0.717) is 24.8 Å². The lowest BCUT2D eigenvalue weighted by Crippen LogP contribution is -2.42. The summed E-state index contributed by atoms with van der Waals surface area (Å²) in [5.41, 5.74) is 3.47. The Hall–Kier alpha value is -2.61. The minimum Gasteiger partial charge on any atom is -0.480 e. The van der Waals surface area contributed by atoms with Crippen LogP contribution in [0.5, 0.6) is 0 Å². The van der Waals surface area contributed by atoms with Crippen LogP contribution >= 0.6 is 11.3 Å². The van der Waals surface area contributed by atoms with Gasteiger partial charge in [0.2, 0.25) is 0 Å². The van der Waals surface area contributed by atoms with Gasteiger partial charge < -0.3 is 10.0 Å². The normalized spacial score (nSPS) is 21.7. The molecule has 2 aliphatic rings. The predicted octanol–water partition coefficient (Wildman–Crippen LogP) is 6.58. The van der Waals surface area contributed by atoms with Crippen LogP contribution in [0.25, 0.3) is 0 Å². The van der Waals surface area contributed by atoms with E-state index in [-0.39, 0.29) is 17.7 Å². The summed E-state index contributed by atoms with van der Waals surface area (Å²) in [7, 11) is 0. The van der Waals surface area contributed by atoms with Gasteiger partial charge in [0, 0.05) is 36.9 Å². The number of aromatic nitrogens is 1. The topological polar surface area (TPSA) is 56.7 Å². The molecule has 0 saturated carbocycles. The summed E-state index contributed by atoms with van der Waals surface area (Å²) in [5.74, 6) is 0.274. The number of thiazole rings is 1. The monoisotopic (exact) mass is 563 g/mol. The molecule has 0 unspecified atom stereocenters. The molecule has 0 radical (unpaired) electrons. The third-order valence-electron chi connectivity index (χ3n) is 8.69. The van der Waals surface area contributed by atoms with Gasteiger partial charge in [-0.2, -0.15) is 0 Å². The Balaban J connectivity index is 1.24. The first-order valence-corrected chi connectivity index (χ1v) is 15.5. The first-order chi connectivity index (χ1) is 19.3. The molecule has 40 heavy (non-hydrogen) atoms. The largest absolute Gasteiger partial charge is 0.480 e. The molecule has 3 heterocycles. The summed E-state index contributed by atoms with van der Waals surface area (Å²) >= 11 is 1.88. The standard InChI is InChI=1S/C33H42FN3O2S/c1-22(2)16-30(33(38)39)37-20-27(29(21-37)26-10-7-11-28(34)18-26)19-36-14-12-25(13-15-36)32-23(3)35-31(40-32)17-24-8-5-4-6-9-24/h4-11,18,22,25,27,29-30H,12-17,19-21H2,1-3H3,(H,38,39)/t27-,29+,30+/m0/s1. The summed E-state index contributed by atoms with van der Waals surface area (Å²) in [6.45, 7) is 10.7. The molecule has 2 fully saturated rings. The van der Waals surface area contributed by atoms with Crippen molar-refractivity contribution in [2.24, 2.45) is 11.8 Å². The Kier molecular flexibility index (Phi) is 9.34. The molecule has 7 heteroatoms. The van der Waals surface area contributed by atoms with E-state index in [1.54, 1.807) is 12.1 Å². The van der Waals surface area contributed by atoms with E-state index in [9.17, 15) is 14.3 Å². The second-order valence-corrected chi connectivity index (χ2v) is 13.3. The smallest absolute Gasteiger partial charge is 0.320 e. The number of rotatable bonds is 10. The summed E-state index contributed by atoms with van der Waals surface area (Å²) in [5, 5.41) is 11.2. The van der Waals surface area contributed by atoms with Crippen molar-refractivity contribution in [1.82, 2.24) is 14.8 Å². The Morgan fingerprint density at radius 3 is 2.52 bits per heavy atom. The number of likely N-dealkylation sites (tertiary alicyclic amines) is 2. The molecule has 2 aliphatic heterocycles. The number of aryl methyl sites for hydroxylation is 1. The number of nitrogens with zero attached hydrogens (tertiary/aromatic N) is 3. The van der Waals surface area contributed by atoms with Crippen LogP contribution in [0.3, 0.4) is 0 Å². The average molecular weight is 564 g/mol.